The van der Waals surface area contributed by atoms with Crippen molar-refractivity contribution in [3.63, 3.8) is 0 Å². The van der Waals surface area contributed by atoms with Crippen LogP contribution in [0.5, 0.6) is 0 Å². The minimum absolute atomic E-state index is 0.790. The average Bonchev–Trinajstić information content (AvgIpc) is 3.05. The first-order valence-electron chi connectivity index (χ1n) is 10.00. The third kappa shape index (κ3) is 4.09. The summed E-state index contributed by atoms with van der Waals surface area (Å²) in [6, 6.07) is 10.9. The maximum absolute atomic E-state index is 5.45. The van der Waals surface area contributed by atoms with Gasteiger partial charge in [0.25, 0.3) is 0 Å². The van der Waals surface area contributed by atoms with Crippen molar-refractivity contribution in [1.82, 2.24) is 14.5 Å². The van der Waals surface area contributed by atoms with Crippen molar-refractivity contribution in [2.75, 3.05) is 31.2 Å². The molecule has 0 spiro atoms. The maximum Gasteiger partial charge on any atom is 0.137 e. The molecule has 0 radical (unpaired) electrons. The van der Waals surface area contributed by atoms with E-state index in [0.29, 0.717) is 0 Å². The minimum atomic E-state index is 0.790. The lowest BCUT2D eigenvalue weighted by Crippen LogP contribution is -2.36. The van der Waals surface area contributed by atoms with Crippen molar-refractivity contribution in [3.05, 3.63) is 70.9 Å². The number of pyridine rings is 2. The van der Waals surface area contributed by atoms with E-state index in [1.54, 1.807) is 0 Å². The number of nitrogens with zero attached hydrogens (tertiary/aromatic N) is 4. The molecule has 4 rings (SSSR count). The number of rotatable bonds is 5. The second-order valence-electron chi connectivity index (χ2n) is 7.60. The molecule has 0 bridgehead atoms. The molecule has 1 fully saturated rings. The monoisotopic (exact) mass is 376 g/mol. The second-order valence-corrected chi connectivity index (χ2v) is 7.60. The van der Waals surface area contributed by atoms with E-state index in [1.165, 1.54) is 28.2 Å². The van der Waals surface area contributed by atoms with Gasteiger partial charge in [0, 0.05) is 36.4 Å². The largest absolute Gasteiger partial charge is 0.378 e. The van der Waals surface area contributed by atoms with Gasteiger partial charge in [0.2, 0.25) is 0 Å². The van der Waals surface area contributed by atoms with Crippen LogP contribution >= 0.6 is 0 Å². The highest BCUT2D eigenvalue weighted by molar-refractivity contribution is 5.46. The van der Waals surface area contributed by atoms with Gasteiger partial charge in [0.15, 0.2) is 0 Å². The molecule has 3 aromatic rings. The molecule has 1 aliphatic heterocycles. The predicted octanol–water partition coefficient (Wildman–Crippen LogP) is 3.81. The van der Waals surface area contributed by atoms with Gasteiger partial charge in [-0.15, -0.1) is 0 Å². The summed E-state index contributed by atoms with van der Waals surface area (Å²) < 4.78 is 7.67. The van der Waals surface area contributed by atoms with Gasteiger partial charge in [0.05, 0.1) is 25.1 Å². The van der Waals surface area contributed by atoms with Crippen LogP contribution in [-0.2, 0) is 17.6 Å². The molecule has 3 aromatic heterocycles. The molecule has 0 aromatic carbocycles. The number of aryl methyl sites for hydroxylation is 5. The summed E-state index contributed by atoms with van der Waals surface area (Å²) in [7, 11) is 0. The molecular formula is C23H28N4O. The van der Waals surface area contributed by atoms with E-state index in [9.17, 15) is 0 Å². The molecule has 0 aliphatic carbocycles. The van der Waals surface area contributed by atoms with Crippen molar-refractivity contribution in [2.24, 2.45) is 0 Å². The highest BCUT2D eigenvalue weighted by atomic mass is 16.5. The highest BCUT2D eigenvalue weighted by Crippen LogP contribution is 2.19. The van der Waals surface area contributed by atoms with Crippen LogP contribution in [0.2, 0.25) is 0 Å². The zero-order valence-electron chi connectivity index (χ0n) is 17.0. The normalized spacial score (nSPS) is 14.5. The maximum atomic E-state index is 5.45. The summed E-state index contributed by atoms with van der Waals surface area (Å²) in [6.07, 6.45) is 5.77. The van der Waals surface area contributed by atoms with E-state index in [1.807, 2.05) is 12.4 Å². The first-order chi connectivity index (χ1) is 13.6. The lowest BCUT2D eigenvalue weighted by molar-refractivity contribution is 0.122. The Labute approximate surface area is 167 Å². The van der Waals surface area contributed by atoms with Crippen molar-refractivity contribution < 1.29 is 4.74 Å². The van der Waals surface area contributed by atoms with Crippen LogP contribution in [0.3, 0.4) is 0 Å². The summed E-state index contributed by atoms with van der Waals surface area (Å²) >= 11 is 0. The highest BCUT2D eigenvalue weighted by Gasteiger charge is 2.12. The standard InChI is InChI=1S/C23H28N4O/c1-17-12-21(25-23(13-17)27-18(2)4-5-19(27)3)7-6-20-14-22(16-24-15-20)26-8-10-28-11-9-26/h4-5,12-16H,6-11H2,1-3H3. The molecule has 0 saturated carbocycles. The fraction of sp³-hybridized carbons (Fsp3) is 0.391. The van der Waals surface area contributed by atoms with Crippen LogP contribution < -0.4 is 4.90 Å². The third-order valence-electron chi connectivity index (χ3n) is 5.34. The van der Waals surface area contributed by atoms with Crippen LogP contribution in [0.4, 0.5) is 5.69 Å². The van der Waals surface area contributed by atoms with Gasteiger partial charge < -0.3 is 14.2 Å². The Hall–Kier alpha value is -2.66. The first-order valence-corrected chi connectivity index (χ1v) is 10.00. The number of ether oxygens (including phenoxy) is 1. The molecular weight excluding hydrogens is 348 g/mol. The molecule has 5 heteroatoms. The molecule has 0 unspecified atom stereocenters. The van der Waals surface area contributed by atoms with Crippen LogP contribution in [0, 0.1) is 20.8 Å². The summed E-state index contributed by atoms with van der Waals surface area (Å²) in [4.78, 5) is 11.8. The van der Waals surface area contributed by atoms with Crippen LogP contribution in [0.15, 0.2) is 42.7 Å². The van der Waals surface area contributed by atoms with E-state index < -0.39 is 0 Å². The molecule has 28 heavy (non-hydrogen) atoms. The lowest BCUT2D eigenvalue weighted by Gasteiger charge is -2.28. The Morgan fingerprint density at radius 2 is 1.68 bits per heavy atom. The lowest BCUT2D eigenvalue weighted by atomic mass is 10.1. The fourth-order valence-electron chi connectivity index (χ4n) is 3.87. The Balaban J connectivity index is 1.51. The fourth-order valence-corrected chi connectivity index (χ4v) is 3.87. The number of morpholine rings is 1. The molecule has 1 aliphatic rings. The molecule has 1 saturated heterocycles. The predicted molar refractivity (Wildman–Crippen MR) is 112 cm³/mol. The summed E-state index contributed by atoms with van der Waals surface area (Å²) in [6.45, 7) is 9.84. The Bertz CT molecular complexity index is 937. The second kappa shape index (κ2) is 8.15. The van der Waals surface area contributed by atoms with Crippen molar-refractivity contribution in [1.29, 1.82) is 0 Å². The van der Waals surface area contributed by atoms with E-state index in [0.717, 1.165) is 50.7 Å². The van der Waals surface area contributed by atoms with Gasteiger partial charge >= 0.3 is 0 Å². The van der Waals surface area contributed by atoms with Crippen LogP contribution in [-0.4, -0.2) is 40.8 Å². The molecule has 0 amide bonds. The van der Waals surface area contributed by atoms with Crippen LogP contribution in [0.1, 0.15) is 28.2 Å². The van der Waals surface area contributed by atoms with Gasteiger partial charge in [0.1, 0.15) is 5.82 Å². The van der Waals surface area contributed by atoms with Crippen molar-refractivity contribution >= 4 is 5.69 Å². The summed E-state index contributed by atoms with van der Waals surface area (Å²) in [5.41, 5.74) is 7.24. The number of anilines is 1. The quantitative estimate of drug-likeness (QED) is 0.679. The van der Waals surface area contributed by atoms with E-state index in [4.69, 9.17) is 9.72 Å². The summed E-state index contributed by atoms with van der Waals surface area (Å²) in [5.74, 6) is 1.01. The third-order valence-corrected chi connectivity index (χ3v) is 5.34. The molecule has 5 nitrogen and oxygen atoms in total. The molecule has 4 heterocycles. The number of aromatic nitrogens is 3. The average molecular weight is 377 g/mol. The smallest absolute Gasteiger partial charge is 0.137 e. The van der Waals surface area contributed by atoms with Gasteiger partial charge in [-0.05, 0) is 75.1 Å². The topological polar surface area (TPSA) is 43.2 Å². The van der Waals surface area contributed by atoms with Crippen molar-refractivity contribution in [2.45, 2.75) is 33.6 Å². The zero-order chi connectivity index (χ0) is 19.5. The van der Waals surface area contributed by atoms with E-state index in [-0.39, 0.29) is 0 Å². The van der Waals surface area contributed by atoms with E-state index in [2.05, 4.69) is 65.6 Å². The number of hydrogen-bond donors (Lipinski definition) is 0. The Kier molecular flexibility index (Phi) is 5.44. The summed E-state index contributed by atoms with van der Waals surface area (Å²) in [5, 5.41) is 0. The van der Waals surface area contributed by atoms with Gasteiger partial charge in [-0.1, -0.05) is 0 Å². The molecule has 146 valence electrons. The first kappa shape index (κ1) is 18.7. The molecule has 0 N–H and O–H groups in total. The van der Waals surface area contributed by atoms with Crippen LogP contribution in [0.25, 0.3) is 5.82 Å². The zero-order valence-corrected chi connectivity index (χ0v) is 17.0. The van der Waals surface area contributed by atoms with Gasteiger partial charge in [-0.2, -0.15) is 0 Å². The Morgan fingerprint density at radius 1 is 0.929 bits per heavy atom. The van der Waals surface area contributed by atoms with Crippen molar-refractivity contribution in [3.8, 4) is 5.82 Å². The SMILES string of the molecule is Cc1cc(CCc2cncc(N3CCOCC3)c2)nc(-n2c(C)ccc2C)c1. The Morgan fingerprint density at radius 3 is 2.43 bits per heavy atom. The van der Waals surface area contributed by atoms with Gasteiger partial charge in [-0.25, -0.2) is 4.98 Å². The minimum Gasteiger partial charge on any atom is -0.378 e. The van der Waals surface area contributed by atoms with Gasteiger partial charge in [-0.3, -0.25) is 4.98 Å². The number of hydrogen-bond acceptors (Lipinski definition) is 4. The van der Waals surface area contributed by atoms with E-state index >= 15 is 0 Å². The molecule has 0 atom stereocenters.